The molecule has 0 spiro atoms. The Morgan fingerprint density at radius 3 is 2.58 bits per heavy atom. The molecule has 2 aromatic carbocycles. The summed E-state index contributed by atoms with van der Waals surface area (Å²) in [5.41, 5.74) is 7.77. The summed E-state index contributed by atoms with van der Waals surface area (Å²) in [5, 5.41) is 5.67. The van der Waals surface area contributed by atoms with E-state index >= 15 is 0 Å². The second-order valence-corrected chi connectivity index (χ2v) is 5.20. The second-order valence-electron chi connectivity index (χ2n) is 5.20. The maximum atomic E-state index is 12.9. The third-order valence-electron chi connectivity index (χ3n) is 3.46. The summed E-state index contributed by atoms with van der Waals surface area (Å²) < 4.78 is 18.0. The minimum atomic E-state index is -0.337. The number of hydrogen-bond acceptors (Lipinski definition) is 4. The normalized spacial score (nSPS) is 11.5. The van der Waals surface area contributed by atoms with Crippen molar-refractivity contribution in [1.29, 1.82) is 0 Å². The third kappa shape index (κ3) is 4.74. The van der Waals surface area contributed by atoms with Crippen molar-refractivity contribution in [3.63, 3.8) is 0 Å². The van der Waals surface area contributed by atoms with Crippen LogP contribution in [0, 0.1) is 5.82 Å². The summed E-state index contributed by atoms with van der Waals surface area (Å²) in [5.74, 6) is 0.317. The Kier molecular flexibility index (Phi) is 5.78. The van der Waals surface area contributed by atoms with Crippen molar-refractivity contribution < 1.29 is 13.9 Å². The smallest absolute Gasteiger partial charge is 0.250 e. The van der Waals surface area contributed by atoms with Gasteiger partial charge in [-0.05, 0) is 48.9 Å². The summed E-state index contributed by atoms with van der Waals surface area (Å²) in [6.45, 7) is 1.98. The standard InChI is InChI=1S/C18H20FN3O2/c1-12(17(20)22-15-8-6-14(19)7-9-15)18(23)21-11-13-4-3-5-16(10-13)24-2/h3-10,22H,11,20H2,1-2H3,(H,21,23)/b17-12+. The van der Waals surface area contributed by atoms with Gasteiger partial charge in [0.15, 0.2) is 0 Å². The van der Waals surface area contributed by atoms with E-state index in [4.69, 9.17) is 10.5 Å². The molecule has 0 aliphatic heterocycles. The van der Waals surface area contributed by atoms with Gasteiger partial charge in [0.2, 0.25) is 0 Å². The first-order valence-corrected chi connectivity index (χ1v) is 7.39. The topological polar surface area (TPSA) is 76.4 Å². The van der Waals surface area contributed by atoms with E-state index in [9.17, 15) is 9.18 Å². The molecule has 2 rings (SSSR count). The minimum Gasteiger partial charge on any atom is -0.497 e. The molecule has 0 saturated heterocycles. The molecule has 6 heteroatoms. The largest absolute Gasteiger partial charge is 0.497 e. The van der Waals surface area contributed by atoms with Gasteiger partial charge in [0.05, 0.1) is 12.7 Å². The van der Waals surface area contributed by atoms with Gasteiger partial charge >= 0.3 is 0 Å². The van der Waals surface area contributed by atoms with Crippen LogP contribution in [0.15, 0.2) is 59.9 Å². The number of nitrogens with two attached hydrogens (primary N) is 1. The lowest BCUT2D eigenvalue weighted by molar-refractivity contribution is -0.117. The molecule has 126 valence electrons. The molecule has 2 aromatic rings. The molecule has 4 N–H and O–H groups in total. The lowest BCUT2D eigenvalue weighted by Gasteiger charge is -2.11. The molecule has 0 aromatic heterocycles. The number of halogens is 1. The Balaban J connectivity index is 1.97. The number of amides is 1. The van der Waals surface area contributed by atoms with E-state index in [-0.39, 0.29) is 17.5 Å². The summed E-state index contributed by atoms with van der Waals surface area (Å²) in [7, 11) is 1.59. The molecule has 24 heavy (non-hydrogen) atoms. The van der Waals surface area contributed by atoms with Crippen molar-refractivity contribution in [3.8, 4) is 5.75 Å². The predicted molar refractivity (Wildman–Crippen MR) is 91.8 cm³/mol. The molecule has 0 fully saturated rings. The van der Waals surface area contributed by atoms with Gasteiger partial charge in [0, 0.05) is 12.2 Å². The van der Waals surface area contributed by atoms with E-state index in [1.54, 1.807) is 26.2 Å². The highest BCUT2D eigenvalue weighted by Gasteiger charge is 2.09. The van der Waals surface area contributed by atoms with Gasteiger partial charge in [-0.1, -0.05) is 12.1 Å². The highest BCUT2D eigenvalue weighted by atomic mass is 19.1. The average Bonchev–Trinajstić information content (AvgIpc) is 2.61. The number of benzene rings is 2. The Bertz CT molecular complexity index is 742. The number of carbonyl (C=O) groups excluding carboxylic acids is 1. The van der Waals surface area contributed by atoms with Crippen LogP contribution < -0.4 is 21.1 Å². The Morgan fingerprint density at radius 1 is 1.21 bits per heavy atom. The van der Waals surface area contributed by atoms with Crippen LogP contribution in [0.4, 0.5) is 10.1 Å². The number of rotatable bonds is 6. The number of hydrogen-bond donors (Lipinski definition) is 3. The zero-order valence-corrected chi connectivity index (χ0v) is 13.6. The summed E-state index contributed by atoms with van der Waals surface area (Å²) >= 11 is 0. The number of anilines is 1. The van der Waals surface area contributed by atoms with Crippen molar-refractivity contribution in [1.82, 2.24) is 5.32 Å². The molecule has 0 radical (unpaired) electrons. The van der Waals surface area contributed by atoms with Gasteiger partial charge in [0.1, 0.15) is 17.4 Å². The van der Waals surface area contributed by atoms with E-state index in [1.807, 2.05) is 24.3 Å². The molecule has 1 amide bonds. The van der Waals surface area contributed by atoms with E-state index < -0.39 is 0 Å². The maximum Gasteiger partial charge on any atom is 0.250 e. The monoisotopic (exact) mass is 329 g/mol. The number of nitrogens with one attached hydrogen (secondary N) is 2. The van der Waals surface area contributed by atoms with Crippen molar-refractivity contribution >= 4 is 11.6 Å². The molecule has 5 nitrogen and oxygen atoms in total. The summed E-state index contributed by atoms with van der Waals surface area (Å²) in [4.78, 5) is 12.2. The van der Waals surface area contributed by atoms with Gasteiger partial charge in [-0.3, -0.25) is 4.79 Å². The van der Waals surface area contributed by atoms with Gasteiger partial charge in [0.25, 0.3) is 5.91 Å². The molecular formula is C18H20FN3O2. The van der Waals surface area contributed by atoms with Crippen LogP contribution in [0.2, 0.25) is 0 Å². The van der Waals surface area contributed by atoms with Gasteiger partial charge in [-0.2, -0.15) is 0 Å². The molecule has 0 heterocycles. The SMILES string of the molecule is COc1cccc(CNC(=O)/C(C)=C(\N)Nc2ccc(F)cc2)c1. The summed E-state index contributed by atoms with van der Waals surface area (Å²) in [6, 6.07) is 13.1. The molecule has 0 saturated carbocycles. The Hall–Kier alpha value is -3.02. The molecule has 0 aliphatic rings. The fourth-order valence-corrected chi connectivity index (χ4v) is 2.00. The van der Waals surface area contributed by atoms with Gasteiger partial charge in [-0.15, -0.1) is 0 Å². The lowest BCUT2D eigenvalue weighted by atomic mass is 10.2. The zero-order valence-electron chi connectivity index (χ0n) is 13.6. The quantitative estimate of drug-likeness (QED) is 0.712. The fraction of sp³-hybridized carbons (Fsp3) is 0.167. The van der Waals surface area contributed by atoms with E-state index in [2.05, 4.69) is 10.6 Å². The van der Waals surface area contributed by atoms with E-state index in [0.717, 1.165) is 11.3 Å². The number of carbonyl (C=O) groups is 1. The van der Waals surface area contributed by atoms with Crippen LogP contribution in [0.3, 0.4) is 0 Å². The Labute approximate surface area is 140 Å². The molecular weight excluding hydrogens is 309 g/mol. The first-order chi connectivity index (χ1) is 11.5. The van der Waals surface area contributed by atoms with E-state index in [1.165, 1.54) is 12.1 Å². The molecule has 0 aliphatic carbocycles. The number of methoxy groups -OCH3 is 1. The zero-order chi connectivity index (χ0) is 17.5. The first kappa shape index (κ1) is 17.3. The van der Waals surface area contributed by atoms with Crippen LogP contribution in [0.1, 0.15) is 12.5 Å². The Morgan fingerprint density at radius 2 is 1.92 bits per heavy atom. The molecule has 0 bridgehead atoms. The maximum absolute atomic E-state index is 12.9. The molecule has 0 atom stereocenters. The highest BCUT2D eigenvalue weighted by molar-refractivity contribution is 5.93. The van der Waals surface area contributed by atoms with Crippen LogP contribution >= 0.6 is 0 Å². The van der Waals surface area contributed by atoms with Gasteiger partial charge < -0.3 is 21.1 Å². The number of ether oxygens (including phenoxy) is 1. The lowest BCUT2D eigenvalue weighted by Crippen LogP contribution is -2.27. The predicted octanol–water partition coefficient (Wildman–Crippen LogP) is 2.75. The van der Waals surface area contributed by atoms with Gasteiger partial charge in [-0.25, -0.2) is 4.39 Å². The molecule has 0 unspecified atom stereocenters. The van der Waals surface area contributed by atoms with Crippen LogP contribution in [-0.4, -0.2) is 13.0 Å². The van der Waals surface area contributed by atoms with Crippen LogP contribution in [0.25, 0.3) is 0 Å². The van der Waals surface area contributed by atoms with Crippen LogP contribution in [-0.2, 0) is 11.3 Å². The van der Waals surface area contributed by atoms with Crippen molar-refractivity contribution in [3.05, 3.63) is 71.3 Å². The minimum absolute atomic E-state index is 0.213. The van der Waals surface area contributed by atoms with E-state index in [0.29, 0.717) is 17.8 Å². The summed E-state index contributed by atoms with van der Waals surface area (Å²) in [6.07, 6.45) is 0. The first-order valence-electron chi connectivity index (χ1n) is 7.39. The third-order valence-corrected chi connectivity index (χ3v) is 3.46. The average molecular weight is 329 g/mol. The van der Waals surface area contributed by atoms with Crippen molar-refractivity contribution in [2.24, 2.45) is 5.73 Å². The fourth-order valence-electron chi connectivity index (χ4n) is 2.00. The van der Waals surface area contributed by atoms with Crippen molar-refractivity contribution in [2.45, 2.75) is 13.5 Å². The highest BCUT2D eigenvalue weighted by Crippen LogP contribution is 2.13. The van der Waals surface area contributed by atoms with Crippen LogP contribution in [0.5, 0.6) is 5.75 Å². The van der Waals surface area contributed by atoms with Crippen molar-refractivity contribution in [2.75, 3.05) is 12.4 Å². The second kappa shape index (κ2) is 8.01.